The fraction of sp³-hybridized carbons (Fsp3) is 0.250. The Morgan fingerprint density at radius 2 is 2.00 bits per heavy atom. The van der Waals surface area contributed by atoms with E-state index in [2.05, 4.69) is 24.4 Å². The van der Waals surface area contributed by atoms with Crippen LogP contribution in [0.15, 0.2) is 42.5 Å². The SMILES string of the molecule is Cc1ccccc1C(C)NCc1ccc(Cl)cc1[N+](=O)[O-]. The van der Waals surface area contributed by atoms with Crippen LogP contribution >= 0.6 is 11.6 Å². The highest BCUT2D eigenvalue weighted by atomic mass is 35.5. The molecule has 110 valence electrons. The summed E-state index contributed by atoms with van der Waals surface area (Å²) in [5.74, 6) is 0. The molecule has 0 saturated heterocycles. The van der Waals surface area contributed by atoms with Gasteiger partial charge in [-0.25, -0.2) is 0 Å². The number of halogens is 1. The molecule has 0 radical (unpaired) electrons. The van der Waals surface area contributed by atoms with Gasteiger partial charge in [0.05, 0.1) is 4.92 Å². The largest absolute Gasteiger partial charge is 0.306 e. The second-order valence-corrected chi connectivity index (χ2v) is 5.43. The molecule has 0 spiro atoms. The number of hydrogen-bond donors (Lipinski definition) is 1. The molecule has 0 amide bonds. The van der Waals surface area contributed by atoms with Crippen LogP contribution in [0.3, 0.4) is 0 Å². The summed E-state index contributed by atoms with van der Waals surface area (Å²) >= 11 is 5.82. The topological polar surface area (TPSA) is 55.2 Å². The summed E-state index contributed by atoms with van der Waals surface area (Å²) in [6.07, 6.45) is 0. The second kappa shape index (κ2) is 6.70. The predicted octanol–water partition coefficient (Wildman–Crippen LogP) is 4.41. The zero-order chi connectivity index (χ0) is 15.4. The van der Waals surface area contributed by atoms with Crippen LogP contribution in [-0.2, 0) is 6.54 Å². The van der Waals surface area contributed by atoms with E-state index in [1.807, 2.05) is 19.1 Å². The van der Waals surface area contributed by atoms with E-state index in [0.717, 1.165) is 0 Å². The summed E-state index contributed by atoms with van der Waals surface area (Å²) in [5.41, 5.74) is 3.06. The van der Waals surface area contributed by atoms with Crippen LogP contribution in [0, 0.1) is 17.0 Å². The Hall–Kier alpha value is -1.91. The van der Waals surface area contributed by atoms with Gasteiger partial charge in [-0.2, -0.15) is 0 Å². The second-order valence-electron chi connectivity index (χ2n) is 4.99. The maximum absolute atomic E-state index is 11.1. The summed E-state index contributed by atoms with van der Waals surface area (Å²) in [5, 5.41) is 14.8. The van der Waals surface area contributed by atoms with Gasteiger partial charge >= 0.3 is 0 Å². The van der Waals surface area contributed by atoms with Crippen LogP contribution in [0.2, 0.25) is 5.02 Å². The molecule has 0 aliphatic rings. The average molecular weight is 305 g/mol. The van der Waals surface area contributed by atoms with Crippen molar-refractivity contribution in [1.82, 2.24) is 5.32 Å². The first-order valence-electron chi connectivity index (χ1n) is 6.70. The lowest BCUT2D eigenvalue weighted by Gasteiger charge is -2.16. The molecule has 0 aromatic heterocycles. The Labute approximate surface area is 128 Å². The smallest absolute Gasteiger partial charge is 0.275 e. The summed E-state index contributed by atoms with van der Waals surface area (Å²) in [6.45, 7) is 4.52. The summed E-state index contributed by atoms with van der Waals surface area (Å²) in [7, 11) is 0. The lowest BCUT2D eigenvalue weighted by Crippen LogP contribution is -2.19. The van der Waals surface area contributed by atoms with Crippen molar-refractivity contribution in [3.8, 4) is 0 Å². The normalized spacial score (nSPS) is 12.1. The summed E-state index contributed by atoms with van der Waals surface area (Å²) in [6, 6.07) is 13.0. The minimum absolute atomic E-state index is 0.0481. The first-order chi connectivity index (χ1) is 9.99. The molecule has 0 fully saturated rings. The molecule has 5 heteroatoms. The Morgan fingerprint density at radius 1 is 1.29 bits per heavy atom. The first kappa shape index (κ1) is 15.5. The number of nitrogens with one attached hydrogen (secondary N) is 1. The summed E-state index contributed by atoms with van der Waals surface area (Å²) < 4.78 is 0. The molecule has 1 atom stereocenters. The van der Waals surface area contributed by atoms with Crippen LogP contribution in [-0.4, -0.2) is 4.92 Å². The molecule has 0 aliphatic heterocycles. The van der Waals surface area contributed by atoms with Gasteiger partial charge in [0.25, 0.3) is 5.69 Å². The molecule has 1 unspecified atom stereocenters. The third kappa shape index (κ3) is 3.80. The highest BCUT2D eigenvalue weighted by Crippen LogP contribution is 2.24. The van der Waals surface area contributed by atoms with E-state index < -0.39 is 4.92 Å². The van der Waals surface area contributed by atoms with Crippen molar-refractivity contribution in [2.45, 2.75) is 26.4 Å². The van der Waals surface area contributed by atoms with Crippen LogP contribution in [0.25, 0.3) is 0 Å². The molecule has 0 heterocycles. The molecule has 21 heavy (non-hydrogen) atoms. The highest BCUT2D eigenvalue weighted by Gasteiger charge is 2.15. The monoisotopic (exact) mass is 304 g/mol. The van der Waals surface area contributed by atoms with Crippen molar-refractivity contribution in [2.24, 2.45) is 0 Å². The van der Waals surface area contributed by atoms with Crippen molar-refractivity contribution in [3.63, 3.8) is 0 Å². The predicted molar refractivity (Wildman–Crippen MR) is 84.5 cm³/mol. The lowest BCUT2D eigenvalue weighted by molar-refractivity contribution is -0.385. The Balaban J connectivity index is 2.13. The lowest BCUT2D eigenvalue weighted by atomic mass is 10.0. The van der Waals surface area contributed by atoms with Gasteiger partial charge in [-0.1, -0.05) is 35.9 Å². The van der Waals surface area contributed by atoms with Gasteiger partial charge in [0.2, 0.25) is 0 Å². The Bertz CT molecular complexity index is 658. The van der Waals surface area contributed by atoms with E-state index in [1.54, 1.807) is 12.1 Å². The third-order valence-corrected chi connectivity index (χ3v) is 3.73. The molecule has 1 N–H and O–H groups in total. The van der Waals surface area contributed by atoms with E-state index in [-0.39, 0.29) is 11.7 Å². The Morgan fingerprint density at radius 3 is 2.67 bits per heavy atom. The molecular weight excluding hydrogens is 288 g/mol. The molecule has 0 aliphatic carbocycles. The van der Waals surface area contributed by atoms with E-state index in [9.17, 15) is 10.1 Å². The van der Waals surface area contributed by atoms with Crippen molar-refractivity contribution >= 4 is 17.3 Å². The van der Waals surface area contributed by atoms with Gasteiger partial charge in [-0.15, -0.1) is 0 Å². The molecule has 0 bridgehead atoms. The number of nitro groups is 1. The van der Waals surface area contributed by atoms with E-state index >= 15 is 0 Å². The molecule has 2 rings (SSSR count). The van der Waals surface area contributed by atoms with E-state index in [0.29, 0.717) is 17.1 Å². The van der Waals surface area contributed by atoms with Crippen molar-refractivity contribution < 1.29 is 4.92 Å². The quantitative estimate of drug-likeness (QED) is 0.657. The van der Waals surface area contributed by atoms with E-state index in [4.69, 9.17) is 11.6 Å². The summed E-state index contributed by atoms with van der Waals surface area (Å²) in [4.78, 5) is 10.7. The van der Waals surface area contributed by atoms with E-state index in [1.165, 1.54) is 17.2 Å². The number of nitro benzene ring substituents is 1. The van der Waals surface area contributed by atoms with Gasteiger partial charge in [0.1, 0.15) is 0 Å². The first-order valence-corrected chi connectivity index (χ1v) is 7.08. The average Bonchev–Trinajstić information content (AvgIpc) is 2.46. The number of nitrogens with zero attached hydrogens (tertiary/aromatic N) is 1. The maximum atomic E-state index is 11.1. The fourth-order valence-corrected chi connectivity index (χ4v) is 2.47. The number of hydrogen-bond acceptors (Lipinski definition) is 3. The molecule has 2 aromatic carbocycles. The minimum Gasteiger partial charge on any atom is -0.306 e. The van der Waals surface area contributed by atoms with Crippen molar-refractivity contribution in [2.75, 3.05) is 0 Å². The van der Waals surface area contributed by atoms with Crippen molar-refractivity contribution in [3.05, 3.63) is 74.3 Å². The van der Waals surface area contributed by atoms with Gasteiger partial charge in [0, 0.05) is 29.2 Å². The zero-order valence-corrected chi connectivity index (χ0v) is 12.7. The Kier molecular flexibility index (Phi) is 4.94. The molecular formula is C16H17ClN2O2. The van der Waals surface area contributed by atoms with Gasteiger partial charge in [-0.3, -0.25) is 10.1 Å². The van der Waals surface area contributed by atoms with Gasteiger partial charge in [-0.05, 0) is 37.1 Å². The number of rotatable bonds is 5. The van der Waals surface area contributed by atoms with Crippen molar-refractivity contribution in [1.29, 1.82) is 0 Å². The van der Waals surface area contributed by atoms with Gasteiger partial charge in [0.15, 0.2) is 0 Å². The molecule has 2 aromatic rings. The van der Waals surface area contributed by atoms with Crippen LogP contribution in [0.4, 0.5) is 5.69 Å². The highest BCUT2D eigenvalue weighted by molar-refractivity contribution is 6.30. The van der Waals surface area contributed by atoms with Crippen LogP contribution in [0.1, 0.15) is 29.7 Å². The minimum atomic E-state index is -0.401. The third-order valence-electron chi connectivity index (χ3n) is 3.50. The fourth-order valence-electron chi connectivity index (χ4n) is 2.30. The molecule has 4 nitrogen and oxygen atoms in total. The van der Waals surface area contributed by atoms with Gasteiger partial charge < -0.3 is 5.32 Å². The number of aryl methyl sites for hydroxylation is 1. The number of benzene rings is 2. The standard InChI is InChI=1S/C16H17ClN2O2/c1-11-5-3-4-6-15(11)12(2)18-10-13-7-8-14(17)9-16(13)19(20)21/h3-9,12,18H,10H2,1-2H3. The molecule has 0 saturated carbocycles. The zero-order valence-electron chi connectivity index (χ0n) is 12.0. The van der Waals surface area contributed by atoms with Crippen LogP contribution in [0.5, 0.6) is 0 Å². The maximum Gasteiger partial charge on any atom is 0.275 e. The van der Waals surface area contributed by atoms with Crippen LogP contribution < -0.4 is 5.32 Å².